The van der Waals surface area contributed by atoms with Crippen LogP contribution in [0.25, 0.3) is 22.2 Å². The van der Waals surface area contributed by atoms with Crippen molar-refractivity contribution in [1.29, 1.82) is 0 Å². The molecule has 32 heavy (non-hydrogen) atoms. The van der Waals surface area contributed by atoms with E-state index >= 15 is 0 Å². The quantitative estimate of drug-likeness (QED) is 0.619. The van der Waals surface area contributed by atoms with Gasteiger partial charge in [-0.3, -0.25) is 4.79 Å². The summed E-state index contributed by atoms with van der Waals surface area (Å²) in [5.41, 5.74) is 7.03. The molecule has 0 radical (unpaired) electrons. The fourth-order valence-corrected chi connectivity index (χ4v) is 5.15. The molecule has 1 saturated carbocycles. The Morgan fingerprint density at radius 2 is 2.00 bits per heavy atom. The van der Waals surface area contributed by atoms with Gasteiger partial charge in [0.25, 0.3) is 0 Å². The van der Waals surface area contributed by atoms with Gasteiger partial charge in [0.1, 0.15) is 17.4 Å². The lowest BCUT2D eigenvalue weighted by Gasteiger charge is -2.21. The number of imidazole rings is 1. The predicted molar refractivity (Wildman–Crippen MR) is 126 cm³/mol. The molecule has 2 atom stereocenters. The van der Waals surface area contributed by atoms with E-state index in [2.05, 4.69) is 66.3 Å². The van der Waals surface area contributed by atoms with Gasteiger partial charge in [-0.1, -0.05) is 26.0 Å². The number of aromatic nitrogens is 2. The Kier molecular flexibility index (Phi) is 4.29. The number of carbonyl (C=O) groups is 1. The molecular weight excluding hydrogens is 400 g/mol. The Morgan fingerprint density at radius 1 is 1.16 bits per heavy atom. The van der Waals surface area contributed by atoms with E-state index in [1.165, 1.54) is 24.1 Å². The van der Waals surface area contributed by atoms with Crippen LogP contribution in [-0.4, -0.2) is 34.7 Å². The largest absolute Gasteiger partial charge is 0.488 e. The van der Waals surface area contributed by atoms with E-state index in [0.29, 0.717) is 19.0 Å². The molecule has 6 heteroatoms. The standard InChI is InChI=1S/C26H30N4O2/c1-15(18-11-24(31)27-12-18)32-23-10-17(9-22-25(23)30(14-29-22)19-5-6-19)16-4-7-20-21(8-16)28-13-26(20,2)3/h4,7-10,14-15,18-19,28H,5-6,11-13H2,1-3H3,(H,27,31). The summed E-state index contributed by atoms with van der Waals surface area (Å²) in [5.74, 6) is 1.16. The summed E-state index contributed by atoms with van der Waals surface area (Å²) in [6.07, 6.45) is 4.80. The summed E-state index contributed by atoms with van der Waals surface area (Å²) in [7, 11) is 0. The number of ether oxygens (including phenoxy) is 1. The number of nitrogens with zero attached hydrogens (tertiary/aromatic N) is 2. The topological polar surface area (TPSA) is 68.2 Å². The number of anilines is 1. The van der Waals surface area contributed by atoms with Crippen LogP contribution in [0.15, 0.2) is 36.7 Å². The van der Waals surface area contributed by atoms with Crippen molar-refractivity contribution in [1.82, 2.24) is 14.9 Å². The molecule has 3 aromatic rings. The fraction of sp³-hybridized carbons (Fsp3) is 0.462. The van der Waals surface area contributed by atoms with Crippen molar-refractivity contribution in [2.45, 2.75) is 57.6 Å². The van der Waals surface area contributed by atoms with Gasteiger partial charge in [-0.25, -0.2) is 4.98 Å². The van der Waals surface area contributed by atoms with E-state index in [9.17, 15) is 4.79 Å². The van der Waals surface area contributed by atoms with Gasteiger partial charge in [-0.15, -0.1) is 0 Å². The third kappa shape index (κ3) is 3.24. The first kappa shape index (κ1) is 19.6. The van der Waals surface area contributed by atoms with Crippen molar-refractivity contribution in [3.8, 4) is 16.9 Å². The Labute approximate surface area is 188 Å². The average molecular weight is 431 g/mol. The molecule has 0 bridgehead atoms. The highest BCUT2D eigenvalue weighted by Gasteiger charge is 2.32. The van der Waals surface area contributed by atoms with Crippen LogP contribution in [0.4, 0.5) is 5.69 Å². The summed E-state index contributed by atoms with van der Waals surface area (Å²) in [6, 6.07) is 11.6. The van der Waals surface area contributed by atoms with Crippen LogP contribution in [0.2, 0.25) is 0 Å². The third-order valence-electron chi connectivity index (χ3n) is 7.36. The summed E-state index contributed by atoms with van der Waals surface area (Å²) in [5, 5.41) is 6.50. The number of fused-ring (bicyclic) bond motifs is 2. The van der Waals surface area contributed by atoms with Crippen LogP contribution in [0.1, 0.15) is 51.6 Å². The molecule has 2 unspecified atom stereocenters. The van der Waals surface area contributed by atoms with Crippen LogP contribution in [-0.2, 0) is 10.2 Å². The van der Waals surface area contributed by atoms with Gasteiger partial charge in [0, 0.05) is 42.6 Å². The monoisotopic (exact) mass is 430 g/mol. The molecule has 3 aliphatic rings. The molecule has 166 valence electrons. The highest BCUT2D eigenvalue weighted by atomic mass is 16.5. The van der Waals surface area contributed by atoms with Crippen LogP contribution < -0.4 is 15.4 Å². The van der Waals surface area contributed by atoms with Gasteiger partial charge in [0.15, 0.2) is 0 Å². The van der Waals surface area contributed by atoms with Crippen LogP contribution in [0.5, 0.6) is 5.75 Å². The third-order valence-corrected chi connectivity index (χ3v) is 7.36. The molecule has 3 heterocycles. The number of hydrogen-bond acceptors (Lipinski definition) is 4. The summed E-state index contributed by atoms with van der Waals surface area (Å²) >= 11 is 0. The average Bonchev–Trinajstić information content (AvgIpc) is 3.23. The van der Waals surface area contributed by atoms with Crippen LogP contribution in [0.3, 0.4) is 0 Å². The number of rotatable bonds is 5. The number of carbonyl (C=O) groups excluding carboxylic acids is 1. The molecule has 1 amide bonds. The van der Waals surface area contributed by atoms with E-state index in [-0.39, 0.29) is 23.3 Å². The lowest BCUT2D eigenvalue weighted by molar-refractivity contribution is -0.119. The Bertz CT molecular complexity index is 1220. The maximum absolute atomic E-state index is 11.7. The minimum atomic E-state index is -0.0579. The Hall–Kier alpha value is -3.02. The van der Waals surface area contributed by atoms with Crippen molar-refractivity contribution < 1.29 is 9.53 Å². The first-order chi connectivity index (χ1) is 15.4. The first-order valence-corrected chi connectivity index (χ1v) is 11.7. The van der Waals surface area contributed by atoms with E-state index in [1.54, 1.807) is 0 Å². The molecule has 6 rings (SSSR count). The predicted octanol–water partition coefficient (Wildman–Crippen LogP) is 4.64. The van der Waals surface area contributed by atoms with Gasteiger partial charge < -0.3 is 19.9 Å². The molecule has 1 aromatic heterocycles. The Balaban J connectivity index is 1.41. The van der Waals surface area contributed by atoms with Gasteiger partial charge in [0.05, 0.1) is 11.8 Å². The second-order valence-corrected chi connectivity index (χ2v) is 10.3. The van der Waals surface area contributed by atoms with Crippen molar-refractivity contribution >= 4 is 22.6 Å². The highest BCUT2D eigenvalue weighted by Crippen LogP contribution is 2.43. The molecule has 6 nitrogen and oxygen atoms in total. The molecule has 1 saturated heterocycles. The lowest BCUT2D eigenvalue weighted by atomic mass is 9.86. The highest BCUT2D eigenvalue weighted by molar-refractivity contribution is 5.89. The second-order valence-electron chi connectivity index (χ2n) is 10.3. The normalized spacial score (nSPS) is 22.5. The summed E-state index contributed by atoms with van der Waals surface area (Å²) in [4.78, 5) is 16.5. The minimum Gasteiger partial charge on any atom is -0.488 e. The zero-order valence-electron chi connectivity index (χ0n) is 18.9. The van der Waals surface area contributed by atoms with Crippen molar-refractivity contribution in [2.75, 3.05) is 18.4 Å². The van der Waals surface area contributed by atoms with E-state index in [4.69, 9.17) is 9.72 Å². The number of amides is 1. The van der Waals surface area contributed by atoms with Gasteiger partial charge >= 0.3 is 0 Å². The van der Waals surface area contributed by atoms with Crippen molar-refractivity contribution in [3.63, 3.8) is 0 Å². The van der Waals surface area contributed by atoms with Gasteiger partial charge in [0.2, 0.25) is 5.91 Å². The van der Waals surface area contributed by atoms with Crippen molar-refractivity contribution in [2.24, 2.45) is 5.92 Å². The molecule has 2 aliphatic heterocycles. The van der Waals surface area contributed by atoms with Crippen molar-refractivity contribution in [3.05, 3.63) is 42.2 Å². The molecule has 2 N–H and O–H groups in total. The van der Waals surface area contributed by atoms with E-state index in [0.717, 1.165) is 34.5 Å². The molecule has 1 aliphatic carbocycles. The lowest BCUT2D eigenvalue weighted by Crippen LogP contribution is -2.25. The molecule has 2 aromatic carbocycles. The number of hydrogen-bond donors (Lipinski definition) is 2. The second kappa shape index (κ2) is 6.99. The van der Waals surface area contributed by atoms with Gasteiger partial charge in [-0.2, -0.15) is 0 Å². The van der Waals surface area contributed by atoms with Crippen LogP contribution in [0, 0.1) is 5.92 Å². The van der Waals surface area contributed by atoms with Gasteiger partial charge in [-0.05, 0) is 54.7 Å². The number of nitrogens with one attached hydrogen (secondary N) is 2. The first-order valence-electron chi connectivity index (χ1n) is 11.7. The SMILES string of the molecule is CC(Oc1cc(-c2ccc3c(c2)NCC3(C)C)cc2ncn(C3CC3)c12)C1CNC(=O)C1. The molecule has 2 fully saturated rings. The smallest absolute Gasteiger partial charge is 0.220 e. The summed E-state index contributed by atoms with van der Waals surface area (Å²) < 4.78 is 8.83. The Morgan fingerprint density at radius 3 is 2.75 bits per heavy atom. The number of benzene rings is 2. The maximum atomic E-state index is 11.7. The zero-order valence-corrected chi connectivity index (χ0v) is 18.9. The molecule has 0 spiro atoms. The van der Waals surface area contributed by atoms with E-state index < -0.39 is 0 Å². The molecular formula is C26H30N4O2. The van der Waals surface area contributed by atoms with Crippen LogP contribution >= 0.6 is 0 Å². The maximum Gasteiger partial charge on any atom is 0.220 e. The summed E-state index contributed by atoms with van der Waals surface area (Å²) in [6.45, 7) is 8.26. The van der Waals surface area contributed by atoms with E-state index in [1.807, 2.05) is 6.33 Å². The fourth-order valence-electron chi connectivity index (χ4n) is 5.15. The zero-order chi connectivity index (χ0) is 22.0. The minimum absolute atomic E-state index is 0.0579.